The van der Waals surface area contributed by atoms with Gasteiger partial charge in [0.1, 0.15) is 5.82 Å². The molecule has 0 saturated heterocycles. The molecule has 0 bridgehead atoms. The number of benzene rings is 2. The van der Waals surface area contributed by atoms with Gasteiger partial charge in [-0.2, -0.15) is 11.8 Å². The fourth-order valence-electron chi connectivity index (χ4n) is 2.46. The fourth-order valence-corrected chi connectivity index (χ4v) is 3.21. The summed E-state index contributed by atoms with van der Waals surface area (Å²) < 4.78 is 13.5. The first-order chi connectivity index (χ1) is 12.5. The maximum absolute atomic E-state index is 13.5. The normalized spacial score (nSPS) is 10.4. The van der Waals surface area contributed by atoms with Gasteiger partial charge in [0.25, 0.3) is 0 Å². The smallest absolute Gasteiger partial charge is 0.234 e. The summed E-state index contributed by atoms with van der Waals surface area (Å²) in [6.07, 6.45) is 1.07. The van der Waals surface area contributed by atoms with Crippen molar-refractivity contribution in [2.24, 2.45) is 0 Å². The highest BCUT2D eigenvalue weighted by molar-refractivity contribution is 7.99. The van der Waals surface area contributed by atoms with Crippen LogP contribution in [0.25, 0.3) is 0 Å². The summed E-state index contributed by atoms with van der Waals surface area (Å²) in [6, 6.07) is 12.0. The van der Waals surface area contributed by atoms with Gasteiger partial charge in [0.2, 0.25) is 11.8 Å². The van der Waals surface area contributed by atoms with Crippen LogP contribution >= 0.6 is 11.8 Å². The van der Waals surface area contributed by atoms with Gasteiger partial charge in [-0.1, -0.05) is 30.3 Å². The molecule has 0 radical (unpaired) electrons. The lowest BCUT2D eigenvalue weighted by molar-refractivity contribution is -0.116. The average molecular weight is 374 g/mol. The minimum atomic E-state index is -0.450. The van der Waals surface area contributed by atoms with E-state index in [1.165, 1.54) is 23.9 Å². The van der Waals surface area contributed by atoms with Crippen LogP contribution in [0.15, 0.2) is 42.5 Å². The van der Waals surface area contributed by atoms with Crippen molar-refractivity contribution in [3.8, 4) is 0 Å². The number of hydrogen-bond donors (Lipinski definition) is 2. The number of carbonyl (C=O) groups is 2. The number of rotatable bonds is 8. The van der Waals surface area contributed by atoms with Crippen molar-refractivity contribution in [2.45, 2.75) is 26.7 Å². The molecule has 2 aromatic rings. The van der Waals surface area contributed by atoms with Gasteiger partial charge in [0, 0.05) is 12.1 Å². The lowest BCUT2D eigenvalue weighted by Crippen LogP contribution is -2.16. The van der Waals surface area contributed by atoms with Crippen LogP contribution in [0.2, 0.25) is 0 Å². The van der Waals surface area contributed by atoms with E-state index in [0.717, 1.165) is 16.8 Å². The summed E-state index contributed by atoms with van der Waals surface area (Å²) in [7, 11) is 0. The van der Waals surface area contributed by atoms with Crippen LogP contribution in [0, 0.1) is 19.7 Å². The highest BCUT2D eigenvalue weighted by Crippen LogP contribution is 2.20. The Labute approximate surface area is 157 Å². The molecule has 0 heterocycles. The van der Waals surface area contributed by atoms with E-state index in [2.05, 4.69) is 10.6 Å². The van der Waals surface area contributed by atoms with E-state index >= 15 is 0 Å². The Morgan fingerprint density at radius 3 is 2.35 bits per heavy atom. The number of thioether (sulfide) groups is 1. The summed E-state index contributed by atoms with van der Waals surface area (Å²) in [4.78, 5) is 23.9. The highest BCUT2D eigenvalue weighted by Gasteiger charge is 2.08. The standard InChI is InChI=1S/C20H23FN2O2S/c1-14-7-5-8-15(2)20(14)23-18(24)11-6-12-26-13-19(25)22-17-10-4-3-9-16(17)21/h3-5,7-10H,6,11-13H2,1-2H3,(H,22,25)(H,23,24). The van der Waals surface area contributed by atoms with E-state index in [0.29, 0.717) is 18.6 Å². The molecule has 0 fully saturated rings. The molecule has 0 saturated carbocycles. The van der Waals surface area contributed by atoms with E-state index in [9.17, 15) is 14.0 Å². The van der Waals surface area contributed by atoms with Gasteiger partial charge in [-0.05, 0) is 49.3 Å². The Bertz CT molecular complexity index is 760. The van der Waals surface area contributed by atoms with Crippen LogP contribution in [-0.2, 0) is 9.59 Å². The second-order valence-corrected chi connectivity index (χ2v) is 7.10. The minimum absolute atomic E-state index is 0.0289. The van der Waals surface area contributed by atoms with Crippen molar-refractivity contribution in [1.82, 2.24) is 0 Å². The summed E-state index contributed by atoms with van der Waals surface area (Å²) in [5.41, 5.74) is 3.13. The van der Waals surface area contributed by atoms with Gasteiger partial charge in [-0.15, -0.1) is 0 Å². The van der Waals surface area contributed by atoms with Crippen molar-refractivity contribution in [3.05, 3.63) is 59.4 Å². The molecule has 0 unspecified atom stereocenters. The van der Waals surface area contributed by atoms with E-state index in [1.54, 1.807) is 12.1 Å². The van der Waals surface area contributed by atoms with Gasteiger partial charge in [-0.25, -0.2) is 4.39 Å². The molecule has 2 rings (SSSR count). The summed E-state index contributed by atoms with van der Waals surface area (Å²) in [5.74, 6) is 0.186. The predicted octanol–water partition coefficient (Wildman–Crippen LogP) is 4.53. The van der Waals surface area contributed by atoms with Gasteiger partial charge < -0.3 is 10.6 Å². The quantitative estimate of drug-likeness (QED) is 0.667. The SMILES string of the molecule is Cc1cccc(C)c1NC(=O)CCCSCC(=O)Nc1ccccc1F. The first kappa shape index (κ1) is 20.0. The molecule has 138 valence electrons. The second kappa shape index (κ2) is 9.97. The number of anilines is 2. The molecule has 2 N–H and O–H groups in total. The third kappa shape index (κ3) is 6.19. The molecule has 6 heteroatoms. The molecule has 0 aliphatic carbocycles. The third-order valence-corrected chi connectivity index (χ3v) is 4.86. The van der Waals surface area contributed by atoms with Crippen molar-refractivity contribution < 1.29 is 14.0 Å². The Morgan fingerprint density at radius 2 is 1.65 bits per heavy atom. The topological polar surface area (TPSA) is 58.2 Å². The Kier molecular flexibility index (Phi) is 7.66. The van der Waals surface area contributed by atoms with Crippen LogP contribution in [-0.4, -0.2) is 23.3 Å². The number of carbonyl (C=O) groups excluding carboxylic acids is 2. The van der Waals surface area contributed by atoms with Crippen molar-refractivity contribution in [2.75, 3.05) is 22.1 Å². The number of halogens is 1. The molecule has 0 atom stereocenters. The largest absolute Gasteiger partial charge is 0.326 e. The zero-order chi connectivity index (χ0) is 18.9. The van der Waals surface area contributed by atoms with E-state index in [1.807, 2.05) is 32.0 Å². The van der Waals surface area contributed by atoms with Crippen LogP contribution in [0.4, 0.5) is 15.8 Å². The van der Waals surface area contributed by atoms with E-state index in [-0.39, 0.29) is 23.3 Å². The number of para-hydroxylation sites is 2. The van der Waals surface area contributed by atoms with Crippen LogP contribution < -0.4 is 10.6 Å². The molecule has 2 aromatic carbocycles. The minimum Gasteiger partial charge on any atom is -0.326 e. The van der Waals surface area contributed by atoms with Gasteiger partial charge >= 0.3 is 0 Å². The van der Waals surface area contributed by atoms with Gasteiger partial charge in [0.05, 0.1) is 11.4 Å². The molecular formula is C20H23FN2O2S. The molecule has 0 aliphatic rings. The fraction of sp³-hybridized carbons (Fsp3) is 0.300. The van der Waals surface area contributed by atoms with Crippen molar-refractivity contribution >= 4 is 35.0 Å². The molecule has 4 nitrogen and oxygen atoms in total. The molecule has 0 spiro atoms. The third-order valence-electron chi connectivity index (χ3n) is 3.82. The first-order valence-corrected chi connectivity index (χ1v) is 9.61. The van der Waals surface area contributed by atoms with Crippen molar-refractivity contribution in [3.63, 3.8) is 0 Å². The molecule has 2 amide bonds. The van der Waals surface area contributed by atoms with Gasteiger partial charge in [0.15, 0.2) is 0 Å². The number of amides is 2. The molecule has 26 heavy (non-hydrogen) atoms. The number of aryl methyl sites for hydroxylation is 2. The van der Waals surface area contributed by atoms with Crippen molar-refractivity contribution in [1.29, 1.82) is 0 Å². The zero-order valence-corrected chi connectivity index (χ0v) is 15.8. The monoisotopic (exact) mass is 374 g/mol. The summed E-state index contributed by atoms with van der Waals surface area (Å²) in [6.45, 7) is 3.93. The Morgan fingerprint density at radius 1 is 0.962 bits per heavy atom. The van der Waals surface area contributed by atoms with Crippen LogP contribution in [0.3, 0.4) is 0 Å². The number of hydrogen-bond acceptors (Lipinski definition) is 3. The van der Waals surface area contributed by atoms with Crippen LogP contribution in [0.1, 0.15) is 24.0 Å². The van der Waals surface area contributed by atoms with E-state index in [4.69, 9.17) is 0 Å². The number of nitrogens with one attached hydrogen (secondary N) is 2. The van der Waals surface area contributed by atoms with Crippen LogP contribution in [0.5, 0.6) is 0 Å². The van der Waals surface area contributed by atoms with Gasteiger partial charge in [-0.3, -0.25) is 9.59 Å². The summed E-state index contributed by atoms with van der Waals surface area (Å²) in [5, 5.41) is 5.49. The second-order valence-electron chi connectivity index (χ2n) is 6.00. The maximum Gasteiger partial charge on any atom is 0.234 e. The zero-order valence-electron chi connectivity index (χ0n) is 15.0. The predicted molar refractivity (Wildman–Crippen MR) is 106 cm³/mol. The molecular weight excluding hydrogens is 351 g/mol. The summed E-state index contributed by atoms with van der Waals surface area (Å²) >= 11 is 1.43. The lowest BCUT2D eigenvalue weighted by Gasteiger charge is -2.11. The molecule has 0 aromatic heterocycles. The first-order valence-electron chi connectivity index (χ1n) is 8.45. The lowest BCUT2D eigenvalue weighted by atomic mass is 10.1. The Hall–Kier alpha value is -2.34. The average Bonchev–Trinajstić information content (AvgIpc) is 2.60. The molecule has 0 aliphatic heterocycles. The highest BCUT2D eigenvalue weighted by atomic mass is 32.2. The Balaban J connectivity index is 1.65. The maximum atomic E-state index is 13.5. The van der Waals surface area contributed by atoms with E-state index < -0.39 is 5.82 Å².